The summed E-state index contributed by atoms with van der Waals surface area (Å²) in [5, 5.41) is 23.0. The van der Waals surface area contributed by atoms with Gasteiger partial charge in [-0.2, -0.15) is 0 Å². The summed E-state index contributed by atoms with van der Waals surface area (Å²) in [6.07, 6.45) is 74.4. The maximum Gasteiger partial charge on any atom is 0.220 e. The van der Waals surface area contributed by atoms with Crippen molar-refractivity contribution in [3.8, 4) is 0 Å². The summed E-state index contributed by atoms with van der Waals surface area (Å²) in [7, 11) is 0. The summed E-state index contributed by atoms with van der Waals surface area (Å²) in [4.78, 5) is 12.4. The minimum Gasteiger partial charge on any atom is -0.394 e. The van der Waals surface area contributed by atoms with Gasteiger partial charge < -0.3 is 15.5 Å². The second-order valence-corrected chi connectivity index (χ2v) is 19.0. The molecular weight excluding hydrogens is 759 g/mol. The maximum absolute atomic E-state index is 12.4. The molecule has 1 amide bonds. The Kier molecular flexibility index (Phi) is 52.3. The van der Waals surface area contributed by atoms with Gasteiger partial charge in [-0.3, -0.25) is 4.79 Å². The van der Waals surface area contributed by atoms with Gasteiger partial charge in [-0.1, -0.05) is 268 Å². The van der Waals surface area contributed by atoms with E-state index in [0.29, 0.717) is 6.42 Å². The highest BCUT2D eigenvalue weighted by Crippen LogP contribution is 2.17. The summed E-state index contributed by atoms with van der Waals surface area (Å²) in [6.45, 7) is 4.28. The molecule has 0 saturated carbocycles. The van der Waals surface area contributed by atoms with E-state index in [-0.39, 0.29) is 12.5 Å². The van der Waals surface area contributed by atoms with E-state index in [1.54, 1.807) is 6.08 Å². The highest BCUT2D eigenvalue weighted by molar-refractivity contribution is 5.76. The molecule has 3 N–H and O–H groups in total. The monoisotopic (exact) mass is 868 g/mol. The summed E-state index contributed by atoms with van der Waals surface area (Å²) >= 11 is 0. The smallest absolute Gasteiger partial charge is 0.220 e. The molecule has 62 heavy (non-hydrogen) atoms. The zero-order valence-corrected chi connectivity index (χ0v) is 41.9. The number of hydrogen-bond donors (Lipinski definition) is 3. The number of carbonyl (C=O) groups excluding carboxylic acids is 1. The molecule has 0 heterocycles. The topological polar surface area (TPSA) is 69.6 Å². The Morgan fingerprint density at radius 1 is 0.371 bits per heavy atom. The molecule has 0 spiro atoms. The van der Waals surface area contributed by atoms with Crippen molar-refractivity contribution in [1.29, 1.82) is 0 Å². The quantitative estimate of drug-likeness (QED) is 0.0421. The molecule has 0 fully saturated rings. The van der Waals surface area contributed by atoms with Crippen molar-refractivity contribution < 1.29 is 15.0 Å². The number of rotatable bonds is 51. The Bertz CT molecular complexity index is 985. The molecule has 0 aliphatic carbocycles. The molecule has 0 aromatic rings. The van der Waals surface area contributed by atoms with Crippen LogP contribution in [0.2, 0.25) is 0 Å². The number of aliphatic hydroxyl groups excluding tert-OH is 2. The van der Waals surface area contributed by atoms with Crippen LogP contribution in [0, 0.1) is 0 Å². The van der Waals surface area contributed by atoms with Crippen LogP contribution >= 0.6 is 0 Å². The lowest BCUT2D eigenvalue weighted by atomic mass is 10.0. The first-order chi connectivity index (χ1) is 30.7. The number of aliphatic hydroxyl groups is 2. The zero-order valence-electron chi connectivity index (χ0n) is 41.9. The molecule has 364 valence electrons. The lowest BCUT2D eigenvalue weighted by Crippen LogP contribution is -2.45. The van der Waals surface area contributed by atoms with E-state index in [0.717, 1.165) is 38.5 Å². The summed E-state index contributed by atoms with van der Waals surface area (Å²) in [6, 6.07) is -0.644. The van der Waals surface area contributed by atoms with Crippen LogP contribution in [-0.2, 0) is 4.79 Å². The molecule has 0 saturated heterocycles. The first-order valence-electron chi connectivity index (χ1n) is 27.9. The minimum atomic E-state index is -0.869. The van der Waals surface area contributed by atoms with Crippen LogP contribution in [0.15, 0.2) is 48.6 Å². The first kappa shape index (κ1) is 60.4. The molecule has 0 aliphatic heterocycles. The van der Waals surface area contributed by atoms with Crippen molar-refractivity contribution in [3.05, 3.63) is 48.6 Å². The fraction of sp³-hybridized carbons (Fsp3) is 0.845. The Labute approximate surface area is 388 Å². The van der Waals surface area contributed by atoms with Gasteiger partial charge in [0.1, 0.15) is 0 Å². The Morgan fingerprint density at radius 2 is 0.629 bits per heavy atom. The van der Waals surface area contributed by atoms with Gasteiger partial charge in [-0.05, 0) is 70.6 Å². The van der Waals surface area contributed by atoms with E-state index in [4.69, 9.17) is 0 Å². The van der Waals surface area contributed by atoms with Crippen LogP contribution in [0.25, 0.3) is 0 Å². The van der Waals surface area contributed by atoms with E-state index in [1.807, 2.05) is 6.08 Å². The Hall–Kier alpha value is -1.65. The molecule has 0 aliphatic rings. The van der Waals surface area contributed by atoms with E-state index in [9.17, 15) is 15.0 Å². The third kappa shape index (κ3) is 49.4. The van der Waals surface area contributed by atoms with Gasteiger partial charge in [0, 0.05) is 6.42 Å². The highest BCUT2D eigenvalue weighted by Gasteiger charge is 2.18. The molecule has 0 rings (SSSR count). The molecule has 4 nitrogen and oxygen atoms in total. The van der Waals surface area contributed by atoms with Gasteiger partial charge >= 0.3 is 0 Å². The van der Waals surface area contributed by atoms with Gasteiger partial charge in [-0.15, -0.1) is 0 Å². The fourth-order valence-electron chi connectivity index (χ4n) is 8.50. The summed E-state index contributed by atoms with van der Waals surface area (Å²) in [5.74, 6) is -0.0761. The third-order valence-corrected chi connectivity index (χ3v) is 12.8. The van der Waals surface area contributed by atoms with Crippen molar-refractivity contribution in [2.24, 2.45) is 0 Å². The first-order valence-corrected chi connectivity index (χ1v) is 27.9. The zero-order chi connectivity index (χ0) is 44.9. The minimum absolute atomic E-state index is 0.0761. The summed E-state index contributed by atoms with van der Waals surface area (Å²) in [5.41, 5.74) is 0. The number of hydrogen-bond acceptors (Lipinski definition) is 3. The van der Waals surface area contributed by atoms with Crippen LogP contribution in [0.1, 0.15) is 296 Å². The van der Waals surface area contributed by atoms with Crippen molar-refractivity contribution in [1.82, 2.24) is 5.32 Å². The van der Waals surface area contributed by atoms with Gasteiger partial charge in [0.2, 0.25) is 5.91 Å². The number of unbranched alkanes of at least 4 members (excludes halogenated alkanes) is 38. The normalized spacial score (nSPS) is 13.2. The molecule has 2 atom stereocenters. The lowest BCUT2D eigenvalue weighted by Gasteiger charge is -2.19. The maximum atomic E-state index is 12.4. The van der Waals surface area contributed by atoms with Gasteiger partial charge in [0.25, 0.3) is 0 Å². The van der Waals surface area contributed by atoms with Gasteiger partial charge in [-0.25, -0.2) is 0 Å². The predicted molar refractivity (Wildman–Crippen MR) is 276 cm³/mol. The number of nitrogens with one attached hydrogen (secondary N) is 1. The van der Waals surface area contributed by atoms with Crippen LogP contribution in [0.4, 0.5) is 0 Å². The Balaban J connectivity index is 3.42. The fourth-order valence-corrected chi connectivity index (χ4v) is 8.50. The largest absolute Gasteiger partial charge is 0.394 e. The second kappa shape index (κ2) is 53.7. The average Bonchev–Trinajstić information content (AvgIpc) is 3.28. The van der Waals surface area contributed by atoms with Crippen molar-refractivity contribution in [2.45, 2.75) is 309 Å². The van der Waals surface area contributed by atoms with Crippen LogP contribution < -0.4 is 5.32 Å². The molecule has 0 radical (unpaired) electrons. The average molecular weight is 869 g/mol. The van der Waals surface area contributed by atoms with Crippen LogP contribution in [0.5, 0.6) is 0 Å². The molecular formula is C58H109NO3. The van der Waals surface area contributed by atoms with E-state index >= 15 is 0 Å². The van der Waals surface area contributed by atoms with E-state index in [2.05, 4.69) is 55.6 Å². The lowest BCUT2D eigenvalue weighted by molar-refractivity contribution is -0.123. The Morgan fingerprint density at radius 3 is 0.968 bits per heavy atom. The molecule has 0 aromatic carbocycles. The van der Waals surface area contributed by atoms with Crippen molar-refractivity contribution in [2.75, 3.05) is 6.61 Å². The molecule has 0 aromatic heterocycles. The number of carbonyl (C=O) groups is 1. The molecule has 4 heteroatoms. The number of allylic oxidation sites excluding steroid dienone is 7. The van der Waals surface area contributed by atoms with Gasteiger partial charge in [0.05, 0.1) is 18.8 Å². The molecule has 2 unspecified atom stereocenters. The standard InChI is InChI=1S/C58H109NO3/c1-3-5-7-9-11-13-15-17-18-19-20-21-22-23-24-25-26-27-28-29-30-31-32-33-34-35-36-37-38-39-40-42-44-46-48-50-52-54-58(62)59-56(55-60)57(61)53-51-49-47-45-43-41-16-14-12-10-8-6-4-2/h12,14,27-28,43,45,51,53,56-57,60-61H,3-11,13,15-26,29-42,44,46-50,52,54-55H2,1-2H3,(H,59,62)/b14-12+,28-27-,45-43+,53-51+. The number of amides is 1. The van der Waals surface area contributed by atoms with Crippen LogP contribution in [0.3, 0.4) is 0 Å². The highest BCUT2D eigenvalue weighted by atomic mass is 16.3. The predicted octanol–water partition coefficient (Wildman–Crippen LogP) is 18.3. The molecule has 0 bridgehead atoms. The van der Waals surface area contributed by atoms with Crippen molar-refractivity contribution >= 4 is 5.91 Å². The summed E-state index contributed by atoms with van der Waals surface area (Å²) < 4.78 is 0. The van der Waals surface area contributed by atoms with Crippen molar-refractivity contribution in [3.63, 3.8) is 0 Å². The van der Waals surface area contributed by atoms with E-state index < -0.39 is 12.1 Å². The van der Waals surface area contributed by atoms with Crippen LogP contribution in [-0.4, -0.2) is 34.9 Å². The second-order valence-electron chi connectivity index (χ2n) is 19.0. The van der Waals surface area contributed by atoms with E-state index in [1.165, 1.54) is 238 Å². The van der Waals surface area contributed by atoms with Gasteiger partial charge in [0.15, 0.2) is 0 Å². The third-order valence-electron chi connectivity index (χ3n) is 12.8. The SMILES string of the molecule is CCCCC/C=C/CC/C=C/CC/C=C/C(O)C(CO)NC(=O)CCCCCCCCCCCCCCCCCCC/C=C\CCCCCCCCCCCCCCCCCC.